The third-order valence-corrected chi connectivity index (χ3v) is 2.67. The van der Waals surface area contributed by atoms with Gasteiger partial charge in [0.05, 0.1) is 7.11 Å². The molecule has 2 N–H and O–H groups in total. The van der Waals surface area contributed by atoms with E-state index in [1.807, 2.05) is 13.8 Å². The number of carbonyl (C=O) groups is 2. The number of nitrogens with one attached hydrogen (secondary N) is 2. The molecular weight excluding hydrogens is 260 g/mol. The summed E-state index contributed by atoms with van der Waals surface area (Å²) in [4.78, 5) is 23.0. The molecule has 0 fully saturated rings. The Hall–Kier alpha value is -2.24. The van der Waals surface area contributed by atoms with E-state index in [4.69, 9.17) is 9.47 Å². The molecule has 1 atom stereocenters. The normalized spacial score (nSPS) is 11.3. The topological polar surface area (TPSA) is 76.7 Å². The van der Waals surface area contributed by atoms with E-state index in [9.17, 15) is 9.59 Å². The predicted octanol–water partition coefficient (Wildman–Crippen LogP) is 1.70. The van der Waals surface area contributed by atoms with Crippen molar-refractivity contribution in [1.29, 1.82) is 0 Å². The minimum absolute atomic E-state index is 0.0120. The Morgan fingerprint density at radius 1 is 1.25 bits per heavy atom. The van der Waals surface area contributed by atoms with Gasteiger partial charge in [-0.15, -0.1) is 0 Å². The van der Waals surface area contributed by atoms with Gasteiger partial charge >= 0.3 is 6.03 Å². The predicted molar refractivity (Wildman–Crippen MR) is 74.9 cm³/mol. The number of imide groups is 1. The first kappa shape index (κ1) is 15.8. The Morgan fingerprint density at radius 2 is 1.90 bits per heavy atom. The molecule has 1 rings (SSSR count). The summed E-state index contributed by atoms with van der Waals surface area (Å²) in [6, 6.07) is 6.47. The fourth-order valence-electron chi connectivity index (χ4n) is 1.41. The Labute approximate surface area is 118 Å². The molecule has 0 saturated carbocycles. The van der Waals surface area contributed by atoms with Gasteiger partial charge < -0.3 is 14.8 Å². The SMILES string of the molecule is CC[C@@H](C)NC(=O)NC(=O)COc1ccccc1OC. The number of methoxy groups -OCH3 is 1. The molecule has 0 saturated heterocycles. The van der Waals surface area contributed by atoms with E-state index in [-0.39, 0.29) is 12.6 Å². The van der Waals surface area contributed by atoms with E-state index in [1.54, 1.807) is 24.3 Å². The van der Waals surface area contributed by atoms with Crippen LogP contribution in [0.15, 0.2) is 24.3 Å². The van der Waals surface area contributed by atoms with Gasteiger partial charge in [-0.1, -0.05) is 19.1 Å². The van der Waals surface area contributed by atoms with Gasteiger partial charge in [0.25, 0.3) is 5.91 Å². The molecule has 110 valence electrons. The van der Waals surface area contributed by atoms with Crippen molar-refractivity contribution in [3.05, 3.63) is 24.3 Å². The molecule has 0 heterocycles. The van der Waals surface area contributed by atoms with Crippen molar-refractivity contribution >= 4 is 11.9 Å². The number of hydrogen-bond donors (Lipinski definition) is 2. The van der Waals surface area contributed by atoms with E-state index in [0.29, 0.717) is 11.5 Å². The molecule has 0 spiro atoms. The molecule has 0 aliphatic heterocycles. The van der Waals surface area contributed by atoms with Crippen LogP contribution in [-0.2, 0) is 4.79 Å². The number of benzene rings is 1. The average molecular weight is 280 g/mol. The smallest absolute Gasteiger partial charge is 0.321 e. The van der Waals surface area contributed by atoms with Crippen LogP contribution in [0.3, 0.4) is 0 Å². The van der Waals surface area contributed by atoms with E-state index in [0.717, 1.165) is 6.42 Å². The highest BCUT2D eigenvalue weighted by atomic mass is 16.5. The number of amides is 3. The van der Waals surface area contributed by atoms with Crippen molar-refractivity contribution in [3.63, 3.8) is 0 Å². The van der Waals surface area contributed by atoms with Crippen LogP contribution in [0.25, 0.3) is 0 Å². The van der Waals surface area contributed by atoms with Gasteiger partial charge in [0.1, 0.15) is 0 Å². The zero-order valence-electron chi connectivity index (χ0n) is 11.9. The van der Waals surface area contributed by atoms with Crippen LogP contribution in [0.1, 0.15) is 20.3 Å². The highest BCUT2D eigenvalue weighted by molar-refractivity contribution is 5.95. The average Bonchev–Trinajstić information content (AvgIpc) is 2.45. The number of urea groups is 1. The van der Waals surface area contributed by atoms with Crippen LogP contribution in [0.5, 0.6) is 11.5 Å². The zero-order chi connectivity index (χ0) is 15.0. The molecule has 0 aliphatic rings. The lowest BCUT2D eigenvalue weighted by Gasteiger charge is -2.12. The minimum atomic E-state index is -0.520. The number of hydrogen-bond acceptors (Lipinski definition) is 4. The van der Waals surface area contributed by atoms with Crippen LogP contribution in [0.4, 0.5) is 4.79 Å². The molecule has 20 heavy (non-hydrogen) atoms. The lowest BCUT2D eigenvalue weighted by Crippen LogP contribution is -2.44. The van der Waals surface area contributed by atoms with Gasteiger partial charge in [-0.25, -0.2) is 4.79 Å². The van der Waals surface area contributed by atoms with Crippen LogP contribution >= 0.6 is 0 Å². The minimum Gasteiger partial charge on any atom is -0.493 e. The molecule has 0 unspecified atom stereocenters. The second-order valence-corrected chi connectivity index (χ2v) is 4.27. The van der Waals surface area contributed by atoms with E-state index >= 15 is 0 Å². The van der Waals surface area contributed by atoms with Crippen LogP contribution < -0.4 is 20.1 Å². The van der Waals surface area contributed by atoms with E-state index in [1.165, 1.54) is 7.11 Å². The Bertz CT molecular complexity index is 462. The summed E-state index contributed by atoms with van der Waals surface area (Å²) in [6.07, 6.45) is 0.791. The van der Waals surface area contributed by atoms with Gasteiger partial charge in [-0.2, -0.15) is 0 Å². The summed E-state index contributed by atoms with van der Waals surface area (Å²) in [5, 5.41) is 4.83. The van der Waals surface area contributed by atoms with Crippen molar-refractivity contribution in [2.45, 2.75) is 26.3 Å². The van der Waals surface area contributed by atoms with Crippen molar-refractivity contribution in [2.24, 2.45) is 0 Å². The summed E-state index contributed by atoms with van der Waals surface area (Å²) in [5.41, 5.74) is 0. The summed E-state index contributed by atoms with van der Waals surface area (Å²) in [7, 11) is 1.52. The number of rotatable bonds is 6. The summed E-state index contributed by atoms with van der Waals surface area (Å²) in [5.74, 6) is 0.466. The molecule has 0 bridgehead atoms. The molecule has 0 radical (unpaired) electrons. The van der Waals surface area contributed by atoms with Gasteiger partial charge in [-0.05, 0) is 25.5 Å². The maximum absolute atomic E-state index is 11.6. The second-order valence-electron chi connectivity index (χ2n) is 4.27. The molecule has 1 aromatic rings. The third-order valence-electron chi connectivity index (χ3n) is 2.67. The maximum atomic E-state index is 11.6. The quantitative estimate of drug-likeness (QED) is 0.831. The highest BCUT2D eigenvalue weighted by Crippen LogP contribution is 2.25. The number of ether oxygens (including phenoxy) is 2. The zero-order valence-corrected chi connectivity index (χ0v) is 11.9. The second kappa shape index (κ2) is 8.04. The van der Waals surface area contributed by atoms with Crippen molar-refractivity contribution in [3.8, 4) is 11.5 Å². The number of para-hydroxylation sites is 2. The molecule has 1 aromatic carbocycles. The van der Waals surface area contributed by atoms with Gasteiger partial charge in [0.15, 0.2) is 18.1 Å². The first-order valence-corrected chi connectivity index (χ1v) is 6.43. The van der Waals surface area contributed by atoms with E-state index < -0.39 is 11.9 Å². The molecule has 3 amide bonds. The van der Waals surface area contributed by atoms with Gasteiger partial charge in [0.2, 0.25) is 0 Å². The van der Waals surface area contributed by atoms with Gasteiger partial charge in [0, 0.05) is 6.04 Å². The first-order valence-electron chi connectivity index (χ1n) is 6.43. The Kier molecular flexibility index (Phi) is 6.36. The van der Waals surface area contributed by atoms with Crippen LogP contribution in [0.2, 0.25) is 0 Å². The molecule has 0 aliphatic carbocycles. The lowest BCUT2D eigenvalue weighted by molar-refractivity contribution is -0.122. The molecular formula is C14H20N2O4. The third kappa shape index (κ3) is 5.17. The maximum Gasteiger partial charge on any atom is 0.321 e. The fourth-order valence-corrected chi connectivity index (χ4v) is 1.41. The van der Waals surface area contributed by atoms with Crippen molar-refractivity contribution < 1.29 is 19.1 Å². The molecule has 0 aromatic heterocycles. The molecule has 6 heteroatoms. The van der Waals surface area contributed by atoms with Crippen molar-refractivity contribution in [1.82, 2.24) is 10.6 Å². The largest absolute Gasteiger partial charge is 0.493 e. The van der Waals surface area contributed by atoms with Crippen LogP contribution in [0, 0.1) is 0 Å². The van der Waals surface area contributed by atoms with Crippen molar-refractivity contribution in [2.75, 3.05) is 13.7 Å². The fraction of sp³-hybridized carbons (Fsp3) is 0.429. The lowest BCUT2D eigenvalue weighted by atomic mass is 10.3. The summed E-state index contributed by atoms with van der Waals surface area (Å²) >= 11 is 0. The molecule has 6 nitrogen and oxygen atoms in total. The first-order chi connectivity index (χ1) is 9.56. The number of carbonyl (C=O) groups excluding carboxylic acids is 2. The monoisotopic (exact) mass is 280 g/mol. The Morgan fingerprint density at radius 3 is 2.50 bits per heavy atom. The van der Waals surface area contributed by atoms with E-state index in [2.05, 4.69) is 10.6 Å². The summed E-state index contributed by atoms with van der Waals surface area (Å²) < 4.78 is 10.4. The van der Waals surface area contributed by atoms with Crippen LogP contribution in [-0.4, -0.2) is 31.7 Å². The summed E-state index contributed by atoms with van der Waals surface area (Å²) in [6.45, 7) is 3.54. The standard InChI is InChI=1S/C14H20N2O4/c1-4-10(2)15-14(18)16-13(17)9-20-12-8-6-5-7-11(12)19-3/h5-8,10H,4,9H2,1-3H3,(H2,15,16,17,18)/t10-/m1/s1. The van der Waals surface area contributed by atoms with Gasteiger partial charge in [-0.3, -0.25) is 10.1 Å². The Balaban J connectivity index is 2.41. The highest BCUT2D eigenvalue weighted by Gasteiger charge is 2.11.